The molecule has 0 aliphatic carbocycles. The van der Waals surface area contributed by atoms with E-state index in [4.69, 9.17) is 17.2 Å². The Hall–Kier alpha value is -3.83. The molecule has 0 radical (unpaired) electrons. The molecule has 0 rings (SSSR count). The lowest BCUT2D eigenvalue weighted by Gasteiger charge is -2.29. The molecule has 294 valence electrons. The van der Waals surface area contributed by atoms with Gasteiger partial charge in [-0.15, -0.1) is 0 Å². The van der Waals surface area contributed by atoms with Crippen LogP contribution in [-0.4, -0.2) is 101 Å². The number of carboxylic acid groups (broad SMARTS) is 2. The molecular formula is C34H64N8O9. The summed E-state index contributed by atoms with van der Waals surface area (Å²) in [6, 6.07) is -6.93. The van der Waals surface area contributed by atoms with Crippen molar-refractivity contribution < 1.29 is 43.8 Å². The van der Waals surface area contributed by atoms with E-state index in [1.807, 2.05) is 13.8 Å². The molecule has 0 heterocycles. The van der Waals surface area contributed by atoms with Gasteiger partial charge in [0.25, 0.3) is 0 Å². The molecule has 0 fully saturated rings. The van der Waals surface area contributed by atoms with E-state index in [0.717, 1.165) is 0 Å². The zero-order valence-electron chi connectivity index (χ0n) is 31.2. The Labute approximate surface area is 301 Å². The predicted molar refractivity (Wildman–Crippen MR) is 192 cm³/mol. The predicted octanol–water partition coefficient (Wildman–Crippen LogP) is -0.307. The van der Waals surface area contributed by atoms with Crippen LogP contribution in [0, 0.1) is 17.8 Å². The number of nitrogens with one attached hydrogen (secondary N) is 5. The lowest BCUT2D eigenvalue weighted by molar-refractivity contribution is -0.143. The average molecular weight is 729 g/mol. The Balaban J connectivity index is 6.23. The van der Waals surface area contributed by atoms with Gasteiger partial charge >= 0.3 is 11.9 Å². The molecule has 0 saturated heterocycles. The van der Waals surface area contributed by atoms with Crippen LogP contribution in [0.3, 0.4) is 0 Å². The van der Waals surface area contributed by atoms with Gasteiger partial charge in [0.15, 0.2) is 0 Å². The van der Waals surface area contributed by atoms with E-state index >= 15 is 0 Å². The highest BCUT2D eigenvalue weighted by Gasteiger charge is 2.34. The van der Waals surface area contributed by atoms with E-state index in [1.165, 1.54) is 0 Å². The van der Waals surface area contributed by atoms with Gasteiger partial charge in [0.05, 0.1) is 6.04 Å². The van der Waals surface area contributed by atoms with Crippen molar-refractivity contribution in [1.82, 2.24) is 26.6 Å². The van der Waals surface area contributed by atoms with Gasteiger partial charge in [0.2, 0.25) is 29.5 Å². The molecule has 0 aromatic carbocycles. The Morgan fingerprint density at radius 1 is 0.588 bits per heavy atom. The van der Waals surface area contributed by atoms with Crippen molar-refractivity contribution >= 4 is 41.5 Å². The number of carbonyl (C=O) groups excluding carboxylic acids is 5. The molecule has 0 saturated carbocycles. The van der Waals surface area contributed by atoms with Crippen LogP contribution in [-0.2, 0) is 33.6 Å². The van der Waals surface area contributed by atoms with Crippen molar-refractivity contribution in [1.29, 1.82) is 0 Å². The first-order valence-corrected chi connectivity index (χ1v) is 18.0. The minimum atomic E-state index is -1.40. The Bertz CT molecular complexity index is 1140. The molecule has 17 nitrogen and oxygen atoms in total. The summed E-state index contributed by atoms with van der Waals surface area (Å²) in [5.41, 5.74) is 17.1. The van der Waals surface area contributed by atoms with Gasteiger partial charge in [-0.25, -0.2) is 4.79 Å². The lowest BCUT2D eigenvalue weighted by Crippen LogP contribution is -2.60. The maximum Gasteiger partial charge on any atom is 0.326 e. The summed E-state index contributed by atoms with van der Waals surface area (Å²) in [6.45, 7) is 11.4. The van der Waals surface area contributed by atoms with Gasteiger partial charge in [-0.1, -0.05) is 48.0 Å². The monoisotopic (exact) mass is 728 g/mol. The van der Waals surface area contributed by atoms with Crippen LogP contribution in [0.25, 0.3) is 0 Å². The van der Waals surface area contributed by atoms with Crippen LogP contribution in [0.5, 0.6) is 0 Å². The average Bonchev–Trinajstić information content (AvgIpc) is 3.06. The summed E-state index contributed by atoms with van der Waals surface area (Å²) < 4.78 is 0. The van der Waals surface area contributed by atoms with Gasteiger partial charge in [-0.05, 0) is 82.2 Å². The fraction of sp³-hybridized carbons (Fsp3) is 0.794. The third-order valence-corrected chi connectivity index (χ3v) is 8.58. The van der Waals surface area contributed by atoms with Gasteiger partial charge < -0.3 is 54.0 Å². The SMILES string of the molecule is CCC(C)C(NC(=O)C(CC(C)C)NC(=O)C(CCC(=O)O)NC(=O)C(CCCCN)NC(=O)C(N)C(C)C)C(=O)NC(CCCCN)C(=O)O. The van der Waals surface area contributed by atoms with Gasteiger partial charge in [-0.3, -0.25) is 28.8 Å². The molecule has 0 aliphatic rings. The molecule has 7 unspecified atom stereocenters. The topological polar surface area (TPSA) is 298 Å². The summed E-state index contributed by atoms with van der Waals surface area (Å²) in [7, 11) is 0. The zero-order chi connectivity index (χ0) is 39.3. The van der Waals surface area contributed by atoms with Crippen molar-refractivity contribution in [3.8, 4) is 0 Å². The van der Waals surface area contributed by atoms with E-state index in [1.54, 1.807) is 27.7 Å². The second kappa shape index (κ2) is 25.2. The van der Waals surface area contributed by atoms with Crippen LogP contribution >= 0.6 is 0 Å². The highest BCUT2D eigenvalue weighted by Crippen LogP contribution is 2.13. The van der Waals surface area contributed by atoms with Crippen LogP contribution in [0.15, 0.2) is 0 Å². The quantitative estimate of drug-likeness (QED) is 0.0488. The molecule has 17 heteroatoms. The first-order valence-electron chi connectivity index (χ1n) is 18.0. The molecule has 0 aliphatic heterocycles. The standard InChI is InChI=1S/C34H64N8O9/c1-7-21(6)28(33(49)40-24(34(50)51)13-9-11-17-36)42-31(47)25(18-19(2)3)41-30(46)23(14-15-26(43)44)38-29(45)22(12-8-10-16-35)39-32(48)27(37)20(4)5/h19-25,27-28H,7-18,35-37H2,1-6H3,(H,38,45)(H,39,48)(H,40,49)(H,41,46)(H,42,47)(H,43,44)(H,50,51). The van der Waals surface area contributed by atoms with Crippen LogP contribution in [0.4, 0.5) is 0 Å². The first-order chi connectivity index (χ1) is 23.9. The van der Waals surface area contributed by atoms with E-state index in [2.05, 4.69) is 26.6 Å². The highest BCUT2D eigenvalue weighted by molar-refractivity contribution is 5.96. The fourth-order valence-electron chi connectivity index (χ4n) is 5.08. The molecule has 0 bridgehead atoms. The number of aliphatic carboxylic acids is 2. The second-order valence-electron chi connectivity index (χ2n) is 13.9. The number of carboxylic acids is 2. The van der Waals surface area contributed by atoms with Gasteiger partial charge in [-0.2, -0.15) is 0 Å². The fourth-order valence-corrected chi connectivity index (χ4v) is 5.08. The van der Waals surface area contributed by atoms with Crippen molar-refractivity contribution in [3.63, 3.8) is 0 Å². The number of nitrogens with two attached hydrogens (primary N) is 3. The van der Waals surface area contributed by atoms with E-state index in [9.17, 15) is 43.8 Å². The maximum atomic E-state index is 13.7. The van der Waals surface area contributed by atoms with Crippen LogP contribution in [0.2, 0.25) is 0 Å². The van der Waals surface area contributed by atoms with Crippen molar-refractivity contribution in [2.45, 2.75) is 142 Å². The third-order valence-electron chi connectivity index (χ3n) is 8.58. The molecule has 0 aromatic rings. The summed E-state index contributed by atoms with van der Waals surface area (Å²) in [4.78, 5) is 90.2. The first kappa shape index (κ1) is 47.2. The molecule has 0 spiro atoms. The summed E-state index contributed by atoms with van der Waals surface area (Å²) >= 11 is 0. The normalized spacial score (nSPS) is 15.4. The number of carbonyl (C=O) groups is 7. The molecule has 51 heavy (non-hydrogen) atoms. The highest BCUT2D eigenvalue weighted by atomic mass is 16.4. The summed E-state index contributed by atoms with van der Waals surface area (Å²) in [6.07, 6.45) is 2.17. The molecule has 13 N–H and O–H groups in total. The summed E-state index contributed by atoms with van der Waals surface area (Å²) in [5.74, 6) is -6.77. The second-order valence-corrected chi connectivity index (χ2v) is 13.9. The smallest absolute Gasteiger partial charge is 0.326 e. The van der Waals surface area contributed by atoms with Crippen molar-refractivity contribution in [2.75, 3.05) is 13.1 Å². The largest absolute Gasteiger partial charge is 0.481 e. The molecule has 5 amide bonds. The number of unbranched alkanes of at least 4 members (excludes halogenated alkanes) is 2. The Morgan fingerprint density at radius 3 is 1.49 bits per heavy atom. The van der Waals surface area contributed by atoms with Crippen molar-refractivity contribution in [2.24, 2.45) is 35.0 Å². The number of rotatable bonds is 27. The summed E-state index contributed by atoms with van der Waals surface area (Å²) in [5, 5.41) is 32.0. The van der Waals surface area contributed by atoms with Crippen LogP contribution < -0.4 is 43.8 Å². The van der Waals surface area contributed by atoms with Crippen molar-refractivity contribution in [3.05, 3.63) is 0 Å². The minimum absolute atomic E-state index is 0.119. The Morgan fingerprint density at radius 2 is 1.04 bits per heavy atom. The Kier molecular flexibility index (Phi) is 23.3. The van der Waals surface area contributed by atoms with E-state index < -0.39 is 90.1 Å². The van der Waals surface area contributed by atoms with E-state index in [0.29, 0.717) is 45.2 Å². The van der Waals surface area contributed by atoms with E-state index in [-0.39, 0.29) is 37.5 Å². The third kappa shape index (κ3) is 18.8. The zero-order valence-corrected chi connectivity index (χ0v) is 31.2. The molecule has 7 atom stereocenters. The maximum absolute atomic E-state index is 13.7. The van der Waals surface area contributed by atoms with Crippen LogP contribution in [0.1, 0.15) is 106 Å². The van der Waals surface area contributed by atoms with Gasteiger partial charge in [0, 0.05) is 6.42 Å². The molecule has 0 aromatic heterocycles. The lowest BCUT2D eigenvalue weighted by atomic mass is 9.96. The number of amides is 5. The van der Waals surface area contributed by atoms with Gasteiger partial charge in [0.1, 0.15) is 30.2 Å². The number of hydrogen-bond donors (Lipinski definition) is 10. The minimum Gasteiger partial charge on any atom is -0.481 e. The number of hydrogen-bond acceptors (Lipinski definition) is 10. The molecular weight excluding hydrogens is 664 g/mol.